The highest BCUT2D eigenvalue weighted by atomic mass is 16.2. The highest BCUT2D eigenvalue weighted by Gasteiger charge is 2.27. The van der Waals surface area contributed by atoms with Crippen molar-refractivity contribution in [2.45, 2.75) is 33.6 Å². The van der Waals surface area contributed by atoms with Crippen LogP contribution in [0.1, 0.15) is 32.8 Å². The maximum Gasteiger partial charge on any atom is 0.230 e. The smallest absolute Gasteiger partial charge is 0.230 e. The van der Waals surface area contributed by atoms with E-state index in [4.69, 9.17) is 5.73 Å². The van der Waals surface area contributed by atoms with Crippen molar-refractivity contribution in [3.63, 3.8) is 0 Å². The molecule has 0 aromatic heterocycles. The van der Waals surface area contributed by atoms with Crippen molar-refractivity contribution in [1.29, 1.82) is 0 Å². The standard InChI is InChI=1S/C15H22N2O/c1-10(2)11(3)15(18)17-8-4-5-12-6-7-13(16)9-14(12)17/h6-7,9-11H,4-5,8,16H2,1-3H3. The van der Waals surface area contributed by atoms with Crippen molar-refractivity contribution in [1.82, 2.24) is 0 Å². The van der Waals surface area contributed by atoms with Crippen LogP contribution in [0.2, 0.25) is 0 Å². The van der Waals surface area contributed by atoms with Crippen LogP contribution in [0.5, 0.6) is 0 Å². The Kier molecular flexibility index (Phi) is 3.60. The first kappa shape index (κ1) is 12.9. The number of carbonyl (C=O) groups excluding carboxylic acids is 1. The third kappa shape index (κ3) is 2.35. The van der Waals surface area contributed by atoms with Gasteiger partial charge in [-0.25, -0.2) is 0 Å². The fraction of sp³-hybridized carbons (Fsp3) is 0.533. The quantitative estimate of drug-likeness (QED) is 0.816. The minimum atomic E-state index is 0.0531. The van der Waals surface area contributed by atoms with Crippen LogP contribution in [0.4, 0.5) is 11.4 Å². The predicted octanol–water partition coefficient (Wildman–Crippen LogP) is 2.84. The Morgan fingerprint density at radius 1 is 1.33 bits per heavy atom. The number of amides is 1. The molecule has 1 aromatic carbocycles. The van der Waals surface area contributed by atoms with Gasteiger partial charge in [0.1, 0.15) is 0 Å². The van der Waals surface area contributed by atoms with Gasteiger partial charge in [-0.2, -0.15) is 0 Å². The van der Waals surface area contributed by atoms with Crippen LogP contribution in [0.15, 0.2) is 18.2 Å². The van der Waals surface area contributed by atoms with Gasteiger partial charge < -0.3 is 10.6 Å². The topological polar surface area (TPSA) is 46.3 Å². The zero-order valence-electron chi connectivity index (χ0n) is 11.4. The van der Waals surface area contributed by atoms with Gasteiger partial charge in [0.2, 0.25) is 5.91 Å². The molecule has 0 saturated heterocycles. The van der Waals surface area contributed by atoms with Gasteiger partial charge in [0.25, 0.3) is 0 Å². The molecule has 98 valence electrons. The number of fused-ring (bicyclic) bond motifs is 1. The molecule has 3 heteroatoms. The van der Waals surface area contributed by atoms with Gasteiger partial charge in [0.05, 0.1) is 0 Å². The number of carbonyl (C=O) groups is 1. The highest BCUT2D eigenvalue weighted by Crippen LogP contribution is 2.31. The molecule has 2 rings (SSSR count). The summed E-state index contributed by atoms with van der Waals surface area (Å²) in [5, 5.41) is 0. The summed E-state index contributed by atoms with van der Waals surface area (Å²) in [4.78, 5) is 14.4. The Bertz CT molecular complexity index is 454. The number of anilines is 2. The Balaban J connectivity index is 2.32. The minimum absolute atomic E-state index is 0.0531. The lowest BCUT2D eigenvalue weighted by atomic mass is 9.94. The second-order valence-corrected chi connectivity index (χ2v) is 5.51. The molecule has 0 saturated carbocycles. The molecule has 0 bridgehead atoms. The Labute approximate surface area is 109 Å². The van der Waals surface area contributed by atoms with Gasteiger partial charge in [0, 0.05) is 23.8 Å². The Hall–Kier alpha value is -1.51. The van der Waals surface area contributed by atoms with Crippen LogP contribution in [0, 0.1) is 11.8 Å². The fourth-order valence-electron chi connectivity index (χ4n) is 2.35. The number of aryl methyl sites for hydroxylation is 1. The average Bonchev–Trinajstić information content (AvgIpc) is 2.36. The van der Waals surface area contributed by atoms with E-state index >= 15 is 0 Å². The zero-order chi connectivity index (χ0) is 13.3. The van der Waals surface area contributed by atoms with Crippen molar-refractivity contribution in [2.75, 3.05) is 17.2 Å². The zero-order valence-corrected chi connectivity index (χ0v) is 11.4. The van der Waals surface area contributed by atoms with Gasteiger partial charge in [-0.3, -0.25) is 4.79 Å². The summed E-state index contributed by atoms with van der Waals surface area (Å²) in [7, 11) is 0. The maximum absolute atomic E-state index is 12.5. The van der Waals surface area contributed by atoms with E-state index in [0.29, 0.717) is 5.92 Å². The number of hydrogen-bond donors (Lipinski definition) is 1. The van der Waals surface area contributed by atoms with Crippen LogP contribution in [-0.2, 0) is 11.2 Å². The summed E-state index contributed by atoms with van der Waals surface area (Å²) < 4.78 is 0. The van der Waals surface area contributed by atoms with Crippen molar-refractivity contribution in [3.8, 4) is 0 Å². The Morgan fingerprint density at radius 3 is 2.72 bits per heavy atom. The summed E-state index contributed by atoms with van der Waals surface area (Å²) >= 11 is 0. The number of hydrogen-bond acceptors (Lipinski definition) is 2. The van der Waals surface area contributed by atoms with Crippen LogP contribution < -0.4 is 10.6 Å². The summed E-state index contributed by atoms with van der Waals surface area (Å²) in [6, 6.07) is 5.89. The normalized spacial score (nSPS) is 16.6. The second-order valence-electron chi connectivity index (χ2n) is 5.51. The molecule has 18 heavy (non-hydrogen) atoms. The highest BCUT2D eigenvalue weighted by molar-refractivity contribution is 5.96. The van der Waals surface area contributed by atoms with Crippen molar-refractivity contribution < 1.29 is 4.79 Å². The average molecular weight is 246 g/mol. The molecule has 1 amide bonds. The van der Waals surface area contributed by atoms with E-state index in [0.717, 1.165) is 30.8 Å². The summed E-state index contributed by atoms with van der Waals surface area (Å²) in [5.41, 5.74) is 8.82. The predicted molar refractivity (Wildman–Crippen MR) is 75.5 cm³/mol. The third-order valence-corrected chi connectivity index (χ3v) is 3.88. The van der Waals surface area contributed by atoms with E-state index in [1.54, 1.807) is 0 Å². The van der Waals surface area contributed by atoms with Crippen LogP contribution in [-0.4, -0.2) is 12.5 Å². The molecule has 2 N–H and O–H groups in total. The summed E-state index contributed by atoms with van der Waals surface area (Å²) in [6.07, 6.45) is 2.07. The molecule has 1 heterocycles. The van der Waals surface area contributed by atoms with E-state index in [9.17, 15) is 4.79 Å². The SMILES string of the molecule is CC(C)C(C)C(=O)N1CCCc2ccc(N)cc21. The first-order valence-electron chi connectivity index (χ1n) is 6.70. The van der Waals surface area contributed by atoms with Crippen LogP contribution in [0.3, 0.4) is 0 Å². The molecule has 3 nitrogen and oxygen atoms in total. The van der Waals surface area contributed by atoms with Gasteiger partial charge in [-0.15, -0.1) is 0 Å². The third-order valence-electron chi connectivity index (χ3n) is 3.88. The maximum atomic E-state index is 12.5. The van der Waals surface area contributed by atoms with Gasteiger partial charge in [0.15, 0.2) is 0 Å². The van der Waals surface area contributed by atoms with E-state index in [1.165, 1.54) is 5.56 Å². The monoisotopic (exact) mass is 246 g/mol. The van der Waals surface area contributed by atoms with Gasteiger partial charge in [-0.1, -0.05) is 26.8 Å². The molecule has 1 unspecified atom stereocenters. The molecule has 0 aliphatic carbocycles. The summed E-state index contributed by atoms with van der Waals surface area (Å²) in [5.74, 6) is 0.637. The number of nitrogens with two attached hydrogens (primary N) is 1. The van der Waals surface area contributed by atoms with Crippen molar-refractivity contribution in [3.05, 3.63) is 23.8 Å². The Morgan fingerprint density at radius 2 is 2.06 bits per heavy atom. The molecule has 0 spiro atoms. The first-order valence-corrected chi connectivity index (χ1v) is 6.70. The fourth-order valence-corrected chi connectivity index (χ4v) is 2.35. The van der Waals surface area contributed by atoms with Crippen molar-refractivity contribution in [2.24, 2.45) is 11.8 Å². The minimum Gasteiger partial charge on any atom is -0.399 e. The van der Waals surface area contributed by atoms with E-state index in [-0.39, 0.29) is 11.8 Å². The largest absolute Gasteiger partial charge is 0.399 e. The molecule has 0 fully saturated rings. The molecule has 1 atom stereocenters. The number of nitrogens with zero attached hydrogens (tertiary/aromatic N) is 1. The summed E-state index contributed by atoms with van der Waals surface area (Å²) in [6.45, 7) is 7.00. The number of rotatable bonds is 2. The van der Waals surface area contributed by atoms with Crippen LogP contribution >= 0.6 is 0 Å². The van der Waals surface area contributed by atoms with Gasteiger partial charge >= 0.3 is 0 Å². The molecular weight excluding hydrogens is 224 g/mol. The number of benzene rings is 1. The molecule has 1 aliphatic rings. The lowest BCUT2D eigenvalue weighted by molar-refractivity contribution is -0.123. The molecular formula is C15H22N2O. The van der Waals surface area contributed by atoms with Crippen molar-refractivity contribution >= 4 is 17.3 Å². The van der Waals surface area contributed by atoms with E-state index in [1.807, 2.05) is 30.0 Å². The molecule has 1 aromatic rings. The molecule has 0 radical (unpaired) electrons. The van der Waals surface area contributed by atoms with E-state index in [2.05, 4.69) is 13.8 Å². The van der Waals surface area contributed by atoms with Crippen LogP contribution in [0.25, 0.3) is 0 Å². The first-order chi connectivity index (χ1) is 8.50. The lowest BCUT2D eigenvalue weighted by Gasteiger charge is -2.32. The van der Waals surface area contributed by atoms with Gasteiger partial charge in [-0.05, 0) is 36.5 Å². The van der Waals surface area contributed by atoms with E-state index < -0.39 is 0 Å². The molecule has 1 aliphatic heterocycles. The second kappa shape index (κ2) is 5.01. The lowest BCUT2D eigenvalue weighted by Crippen LogP contribution is -2.40. The number of nitrogen functional groups attached to an aromatic ring is 1.